The van der Waals surface area contributed by atoms with Gasteiger partial charge < -0.3 is 26.0 Å². The summed E-state index contributed by atoms with van der Waals surface area (Å²) in [5.41, 5.74) is 10.8. The number of fused-ring (bicyclic) bond motifs is 2. The molecule has 210 valence electrons. The molecule has 0 unspecified atom stereocenters. The van der Waals surface area contributed by atoms with Crippen LogP contribution in [0, 0.1) is 0 Å². The van der Waals surface area contributed by atoms with Gasteiger partial charge in [0.25, 0.3) is 0 Å². The van der Waals surface area contributed by atoms with Gasteiger partial charge in [-0.25, -0.2) is 4.99 Å². The molecule has 0 radical (unpaired) electrons. The van der Waals surface area contributed by atoms with E-state index in [1.54, 1.807) is 22.9 Å². The van der Waals surface area contributed by atoms with Crippen LogP contribution in [0.1, 0.15) is 61.9 Å². The molecule has 10 nitrogen and oxygen atoms in total. The minimum atomic E-state index is -0.672. The normalized spacial score (nSPS) is 17.0. The summed E-state index contributed by atoms with van der Waals surface area (Å²) in [6, 6.07) is 7.62. The lowest BCUT2D eigenvalue weighted by molar-refractivity contribution is -0.130. The number of hydrogen-bond donors (Lipinski definition) is 3. The maximum atomic E-state index is 13.5. The first-order valence-electron chi connectivity index (χ1n) is 13.9. The van der Waals surface area contributed by atoms with Crippen LogP contribution >= 0.6 is 0 Å². The molecule has 2 aliphatic heterocycles. The molecule has 0 atom stereocenters. The average Bonchev–Trinajstić information content (AvgIpc) is 3.76. The first-order valence-corrected chi connectivity index (χ1v) is 13.9. The number of nitrogens with two attached hydrogens (primary N) is 1. The van der Waals surface area contributed by atoms with Crippen LogP contribution in [0.2, 0.25) is 0 Å². The van der Waals surface area contributed by atoms with E-state index in [0.717, 1.165) is 28.8 Å². The summed E-state index contributed by atoms with van der Waals surface area (Å²) >= 11 is 0. The number of aromatic nitrogens is 1. The summed E-state index contributed by atoms with van der Waals surface area (Å²) in [6.07, 6.45) is 6.61. The Kier molecular flexibility index (Phi) is 7.71. The minimum absolute atomic E-state index is 0.0262. The molecule has 1 fully saturated rings. The van der Waals surface area contributed by atoms with Gasteiger partial charge in [-0.15, -0.1) is 0 Å². The molecule has 1 aliphatic carbocycles. The Bertz CT molecular complexity index is 1400. The largest absolute Gasteiger partial charge is 0.395 e. The molecule has 3 aliphatic rings. The van der Waals surface area contributed by atoms with Crippen LogP contribution in [-0.2, 0) is 32.8 Å². The van der Waals surface area contributed by atoms with Crippen molar-refractivity contribution in [2.45, 2.75) is 57.9 Å². The van der Waals surface area contributed by atoms with E-state index in [1.807, 2.05) is 37.3 Å². The van der Waals surface area contributed by atoms with Crippen LogP contribution in [0.25, 0.3) is 6.08 Å². The SMILES string of the molecule is CCCN(CCO)C(=O)C1=Cc2ccc(C3(C(=O)Nc4cnc5c(c4)CN(C(C)=O)CC5)CC3)cc2N=C(N)C1. The van der Waals surface area contributed by atoms with Crippen molar-refractivity contribution in [3.8, 4) is 0 Å². The van der Waals surface area contributed by atoms with Gasteiger partial charge >= 0.3 is 0 Å². The fourth-order valence-electron chi connectivity index (χ4n) is 5.52. The monoisotopic (exact) mass is 544 g/mol. The number of aliphatic hydroxyl groups excluding tert-OH is 1. The Morgan fingerprint density at radius 3 is 2.70 bits per heavy atom. The number of benzene rings is 1. The number of pyridine rings is 1. The molecule has 2 aromatic rings. The molecular weight excluding hydrogens is 508 g/mol. The van der Waals surface area contributed by atoms with Crippen LogP contribution in [-0.4, -0.2) is 69.7 Å². The van der Waals surface area contributed by atoms with Crippen LogP contribution in [0.15, 0.2) is 41.0 Å². The lowest BCUT2D eigenvalue weighted by Gasteiger charge is -2.27. The molecule has 3 heterocycles. The molecular formula is C30H36N6O4. The van der Waals surface area contributed by atoms with Gasteiger partial charge in [-0.2, -0.15) is 0 Å². The van der Waals surface area contributed by atoms with Crippen molar-refractivity contribution in [3.63, 3.8) is 0 Å². The predicted octanol–water partition coefficient (Wildman–Crippen LogP) is 2.66. The molecule has 0 spiro atoms. The van der Waals surface area contributed by atoms with E-state index < -0.39 is 5.41 Å². The summed E-state index contributed by atoms with van der Waals surface area (Å²) in [7, 11) is 0. The van der Waals surface area contributed by atoms with E-state index in [-0.39, 0.29) is 37.3 Å². The van der Waals surface area contributed by atoms with Crippen molar-refractivity contribution in [1.29, 1.82) is 0 Å². The molecule has 1 aromatic heterocycles. The lowest BCUT2D eigenvalue weighted by atomic mass is 9.92. The second-order valence-electron chi connectivity index (χ2n) is 10.8. The third-order valence-electron chi connectivity index (χ3n) is 7.90. The summed E-state index contributed by atoms with van der Waals surface area (Å²) in [5.74, 6) is 0.0852. The second kappa shape index (κ2) is 11.2. The third kappa shape index (κ3) is 5.49. The molecule has 1 saturated carbocycles. The highest BCUT2D eigenvalue weighted by Crippen LogP contribution is 2.50. The number of hydrogen-bond acceptors (Lipinski definition) is 7. The Hall–Kier alpha value is -4.05. The van der Waals surface area contributed by atoms with Gasteiger partial charge in [0.15, 0.2) is 0 Å². The van der Waals surface area contributed by atoms with E-state index in [2.05, 4.69) is 15.3 Å². The number of amidine groups is 1. The molecule has 5 rings (SSSR count). The van der Waals surface area contributed by atoms with E-state index in [1.165, 1.54) is 0 Å². The number of nitrogens with one attached hydrogen (secondary N) is 1. The third-order valence-corrected chi connectivity index (χ3v) is 7.90. The number of amides is 3. The Morgan fingerprint density at radius 1 is 1.20 bits per heavy atom. The van der Waals surface area contributed by atoms with Crippen LogP contribution < -0.4 is 11.1 Å². The topological polar surface area (TPSA) is 141 Å². The molecule has 0 saturated heterocycles. The Balaban J connectivity index is 1.37. The van der Waals surface area contributed by atoms with Gasteiger partial charge in [0, 0.05) is 62.8 Å². The fourth-order valence-corrected chi connectivity index (χ4v) is 5.52. The zero-order valence-corrected chi connectivity index (χ0v) is 23.1. The number of rotatable bonds is 8. The first kappa shape index (κ1) is 27.5. The van der Waals surface area contributed by atoms with Crippen LogP contribution in [0.5, 0.6) is 0 Å². The standard InChI is InChI=1S/C30H36N6O4/c1-3-9-35(11-12-37)28(39)21-13-20-4-5-23(16-26(20)34-27(31)15-21)30(7-8-30)29(40)33-24-14-22-18-36(19(2)38)10-6-25(22)32-17-24/h4-5,13-14,16-17,37H,3,6-12,15,18H2,1-2H3,(H2,31,34)(H,33,40). The van der Waals surface area contributed by atoms with Crippen molar-refractivity contribution >= 4 is 41.0 Å². The zero-order chi connectivity index (χ0) is 28.4. The minimum Gasteiger partial charge on any atom is -0.395 e. The maximum Gasteiger partial charge on any atom is 0.250 e. The highest BCUT2D eigenvalue weighted by atomic mass is 16.3. The van der Waals surface area contributed by atoms with E-state index in [0.29, 0.717) is 61.7 Å². The predicted molar refractivity (Wildman–Crippen MR) is 153 cm³/mol. The summed E-state index contributed by atoms with van der Waals surface area (Å²) in [5, 5.41) is 12.4. The first-order chi connectivity index (χ1) is 19.2. The molecule has 1 aromatic carbocycles. The highest BCUT2D eigenvalue weighted by molar-refractivity contribution is 6.06. The van der Waals surface area contributed by atoms with Gasteiger partial charge in [-0.3, -0.25) is 19.4 Å². The van der Waals surface area contributed by atoms with Gasteiger partial charge in [0.2, 0.25) is 17.7 Å². The van der Waals surface area contributed by atoms with Gasteiger partial charge in [0.05, 0.1) is 29.6 Å². The highest BCUT2D eigenvalue weighted by Gasteiger charge is 2.51. The second-order valence-corrected chi connectivity index (χ2v) is 10.8. The summed E-state index contributed by atoms with van der Waals surface area (Å²) in [4.78, 5) is 51.1. The van der Waals surface area contributed by atoms with Crippen molar-refractivity contribution < 1.29 is 19.5 Å². The van der Waals surface area contributed by atoms with Crippen molar-refractivity contribution in [2.24, 2.45) is 10.7 Å². The number of nitrogens with zero attached hydrogens (tertiary/aromatic N) is 4. The molecule has 40 heavy (non-hydrogen) atoms. The quantitative estimate of drug-likeness (QED) is 0.467. The lowest BCUT2D eigenvalue weighted by Crippen LogP contribution is -2.36. The number of carbonyl (C=O) groups is 3. The number of carbonyl (C=O) groups excluding carboxylic acids is 3. The fraction of sp³-hybridized carbons (Fsp3) is 0.433. The maximum absolute atomic E-state index is 13.5. The summed E-state index contributed by atoms with van der Waals surface area (Å²) in [6.45, 7) is 5.40. The molecule has 4 N–H and O–H groups in total. The van der Waals surface area contributed by atoms with Gasteiger partial charge in [-0.1, -0.05) is 19.1 Å². The van der Waals surface area contributed by atoms with Crippen molar-refractivity contribution in [1.82, 2.24) is 14.8 Å². The van der Waals surface area contributed by atoms with E-state index >= 15 is 0 Å². The van der Waals surface area contributed by atoms with Crippen molar-refractivity contribution in [2.75, 3.05) is 31.6 Å². The Morgan fingerprint density at radius 2 is 2.00 bits per heavy atom. The molecule has 0 bridgehead atoms. The van der Waals surface area contributed by atoms with E-state index in [4.69, 9.17) is 5.73 Å². The van der Waals surface area contributed by atoms with Crippen LogP contribution in [0.3, 0.4) is 0 Å². The Labute approximate surface area is 234 Å². The van der Waals surface area contributed by atoms with Crippen molar-refractivity contribution in [3.05, 3.63) is 58.4 Å². The average molecular weight is 545 g/mol. The summed E-state index contributed by atoms with van der Waals surface area (Å²) < 4.78 is 0. The zero-order valence-electron chi connectivity index (χ0n) is 23.1. The number of anilines is 1. The molecule has 3 amide bonds. The van der Waals surface area contributed by atoms with E-state index in [9.17, 15) is 19.5 Å². The van der Waals surface area contributed by atoms with Crippen LogP contribution in [0.4, 0.5) is 11.4 Å². The van der Waals surface area contributed by atoms with Gasteiger partial charge in [0.1, 0.15) is 5.84 Å². The smallest absolute Gasteiger partial charge is 0.250 e. The van der Waals surface area contributed by atoms with Gasteiger partial charge in [-0.05, 0) is 48.6 Å². The number of aliphatic hydroxyl groups is 1. The molecule has 10 heteroatoms. The number of aliphatic imine (C=N–C) groups is 1.